The van der Waals surface area contributed by atoms with Crippen LogP contribution in [0.15, 0.2) is 0 Å². The molecule has 1 rings (SSSR count). The van der Waals surface area contributed by atoms with E-state index in [4.69, 9.17) is 0 Å². The van der Waals surface area contributed by atoms with Crippen LogP contribution < -0.4 is 5.32 Å². The lowest BCUT2D eigenvalue weighted by atomic mass is 9.87. The van der Waals surface area contributed by atoms with E-state index in [1.165, 1.54) is 20.0 Å². The minimum Gasteiger partial charge on any atom is -0.469 e. The largest absolute Gasteiger partial charge is 0.469 e. The maximum Gasteiger partial charge on any atom is 0.305 e. The van der Waals surface area contributed by atoms with Gasteiger partial charge < -0.3 is 10.1 Å². The van der Waals surface area contributed by atoms with Crippen LogP contribution in [0.25, 0.3) is 0 Å². The fourth-order valence-corrected chi connectivity index (χ4v) is 2.14. The maximum absolute atomic E-state index is 11.0. The molecule has 0 aromatic heterocycles. The van der Waals surface area contributed by atoms with Crippen LogP contribution in [0, 0.1) is 11.8 Å². The number of carbonyl (C=O) groups is 1. The molecule has 0 radical (unpaired) electrons. The van der Waals surface area contributed by atoms with E-state index in [1.807, 2.05) is 0 Å². The van der Waals surface area contributed by atoms with Crippen LogP contribution in [0.5, 0.6) is 0 Å². The molecule has 0 aliphatic carbocycles. The van der Waals surface area contributed by atoms with Crippen LogP contribution in [0.1, 0.15) is 32.6 Å². The van der Waals surface area contributed by atoms with Crippen molar-refractivity contribution in [2.75, 3.05) is 20.2 Å². The summed E-state index contributed by atoms with van der Waals surface area (Å²) in [5, 5.41) is 3.35. The fraction of sp³-hybridized carbons (Fsp3) is 0.909. The summed E-state index contributed by atoms with van der Waals surface area (Å²) in [6.07, 6.45) is 4.24. The topological polar surface area (TPSA) is 38.3 Å². The SMILES string of the molecule is COC(=O)CC(C)CC1CCNCC1. The Hall–Kier alpha value is -0.570. The second-order valence-electron chi connectivity index (χ2n) is 4.31. The highest BCUT2D eigenvalue weighted by Crippen LogP contribution is 2.22. The van der Waals surface area contributed by atoms with Gasteiger partial charge in [-0.25, -0.2) is 0 Å². The third kappa shape index (κ3) is 4.09. The molecule has 3 heteroatoms. The van der Waals surface area contributed by atoms with Gasteiger partial charge in [0.2, 0.25) is 0 Å². The highest BCUT2D eigenvalue weighted by molar-refractivity contribution is 5.69. The number of piperidine rings is 1. The van der Waals surface area contributed by atoms with Crippen molar-refractivity contribution in [2.45, 2.75) is 32.6 Å². The van der Waals surface area contributed by atoms with Crippen molar-refractivity contribution in [2.24, 2.45) is 11.8 Å². The molecular formula is C11H21NO2. The van der Waals surface area contributed by atoms with Crippen LogP contribution in [0.2, 0.25) is 0 Å². The van der Waals surface area contributed by atoms with Gasteiger partial charge in [0, 0.05) is 6.42 Å². The summed E-state index contributed by atoms with van der Waals surface area (Å²) >= 11 is 0. The van der Waals surface area contributed by atoms with Gasteiger partial charge in [-0.3, -0.25) is 4.79 Å². The van der Waals surface area contributed by atoms with Gasteiger partial charge in [-0.1, -0.05) is 6.92 Å². The lowest BCUT2D eigenvalue weighted by molar-refractivity contribution is -0.141. The summed E-state index contributed by atoms with van der Waals surface area (Å²) < 4.78 is 4.66. The Morgan fingerprint density at radius 1 is 1.50 bits per heavy atom. The molecule has 1 N–H and O–H groups in total. The number of ether oxygens (including phenoxy) is 1. The summed E-state index contributed by atoms with van der Waals surface area (Å²) in [5.41, 5.74) is 0. The van der Waals surface area contributed by atoms with Crippen molar-refractivity contribution in [3.8, 4) is 0 Å². The number of esters is 1. The van der Waals surface area contributed by atoms with Crippen molar-refractivity contribution in [1.82, 2.24) is 5.32 Å². The first kappa shape index (κ1) is 11.5. The molecule has 0 amide bonds. The summed E-state index contributed by atoms with van der Waals surface area (Å²) in [6, 6.07) is 0. The summed E-state index contributed by atoms with van der Waals surface area (Å²) in [4.78, 5) is 11.0. The molecule has 1 atom stereocenters. The zero-order valence-corrected chi connectivity index (χ0v) is 9.21. The van der Waals surface area contributed by atoms with Gasteiger partial charge in [-0.15, -0.1) is 0 Å². The molecule has 3 nitrogen and oxygen atoms in total. The zero-order valence-electron chi connectivity index (χ0n) is 9.21. The van der Waals surface area contributed by atoms with E-state index in [9.17, 15) is 4.79 Å². The third-order valence-electron chi connectivity index (χ3n) is 2.94. The van der Waals surface area contributed by atoms with Gasteiger partial charge in [0.25, 0.3) is 0 Å². The van der Waals surface area contributed by atoms with Crippen molar-refractivity contribution < 1.29 is 9.53 Å². The molecule has 0 saturated carbocycles. The van der Waals surface area contributed by atoms with Crippen molar-refractivity contribution in [1.29, 1.82) is 0 Å². The highest BCUT2D eigenvalue weighted by Gasteiger charge is 2.17. The van der Waals surface area contributed by atoms with E-state index in [0.29, 0.717) is 12.3 Å². The van der Waals surface area contributed by atoms with Gasteiger partial charge in [-0.2, -0.15) is 0 Å². The lowest BCUT2D eigenvalue weighted by Crippen LogP contribution is -2.28. The molecule has 0 bridgehead atoms. The molecule has 1 aliphatic heterocycles. The normalized spacial score (nSPS) is 20.4. The molecule has 82 valence electrons. The maximum atomic E-state index is 11.0. The fourth-order valence-electron chi connectivity index (χ4n) is 2.14. The average Bonchev–Trinajstić information content (AvgIpc) is 2.19. The molecule has 14 heavy (non-hydrogen) atoms. The smallest absolute Gasteiger partial charge is 0.305 e. The molecule has 0 spiro atoms. The van der Waals surface area contributed by atoms with E-state index < -0.39 is 0 Å². The van der Waals surface area contributed by atoms with Gasteiger partial charge in [0.05, 0.1) is 7.11 Å². The third-order valence-corrected chi connectivity index (χ3v) is 2.94. The van der Waals surface area contributed by atoms with Gasteiger partial charge >= 0.3 is 5.97 Å². The van der Waals surface area contributed by atoms with Crippen LogP contribution in [0.3, 0.4) is 0 Å². The van der Waals surface area contributed by atoms with Crippen molar-refractivity contribution in [3.63, 3.8) is 0 Å². The van der Waals surface area contributed by atoms with Crippen molar-refractivity contribution >= 4 is 5.97 Å². The van der Waals surface area contributed by atoms with Crippen LogP contribution >= 0.6 is 0 Å². The van der Waals surface area contributed by atoms with E-state index >= 15 is 0 Å². The Labute approximate surface area is 86.2 Å². The predicted molar refractivity (Wildman–Crippen MR) is 56.0 cm³/mol. The van der Waals surface area contributed by atoms with Gasteiger partial charge in [0.15, 0.2) is 0 Å². The van der Waals surface area contributed by atoms with Gasteiger partial charge in [-0.05, 0) is 44.2 Å². The molecule has 1 heterocycles. The highest BCUT2D eigenvalue weighted by atomic mass is 16.5. The summed E-state index contributed by atoms with van der Waals surface area (Å²) in [6.45, 7) is 4.41. The van der Waals surface area contributed by atoms with Crippen LogP contribution in [-0.2, 0) is 9.53 Å². The molecule has 1 saturated heterocycles. The number of rotatable bonds is 4. The molecular weight excluding hydrogens is 178 g/mol. The Bertz CT molecular complexity index is 176. The first-order valence-electron chi connectivity index (χ1n) is 5.50. The molecule has 1 fully saturated rings. The van der Waals surface area contributed by atoms with E-state index in [2.05, 4.69) is 17.0 Å². The summed E-state index contributed by atoms with van der Waals surface area (Å²) in [7, 11) is 1.46. The Kier molecular flexibility index (Phi) is 4.94. The minimum absolute atomic E-state index is 0.0774. The molecule has 0 aromatic carbocycles. The molecule has 0 aromatic rings. The van der Waals surface area contributed by atoms with Crippen LogP contribution in [-0.4, -0.2) is 26.2 Å². The first-order valence-corrected chi connectivity index (χ1v) is 5.50. The summed E-state index contributed by atoms with van der Waals surface area (Å²) in [5.74, 6) is 1.19. The first-order chi connectivity index (χ1) is 6.72. The monoisotopic (exact) mass is 199 g/mol. The Balaban J connectivity index is 2.18. The number of hydrogen-bond acceptors (Lipinski definition) is 3. The van der Waals surface area contributed by atoms with E-state index in [-0.39, 0.29) is 5.97 Å². The Morgan fingerprint density at radius 3 is 2.71 bits per heavy atom. The van der Waals surface area contributed by atoms with Crippen LogP contribution in [0.4, 0.5) is 0 Å². The predicted octanol–water partition coefficient (Wildman–Crippen LogP) is 1.58. The lowest BCUT2D eigenvalue weighted by Gasteiger charge is -2.24. The number of nitrogens with one attached hydrogen (secondary N) is 1. The quantitative estimate of drug-likeness (QED) is 0.698. The van der Waals surface area contributed by atoms with E-state index in [0.717, 1.165) is 25.4 Å². The molecule has 1 aliphatic rings. The number of hydrogen-bond donors (Lipinski definition) is 1. The second-order valence-corrected chi connectivity index (χ2v) is 4.31. The van der Waals surface area contributed by atoms with Gasteiger partial charge in [0.1, 0.15) is 0 Å². The van der Waals surface area contributed by atoms with E-state index in [1.54, 1.807) is 0 Å². The average molecular weight is 199 g/mol. The second kappa shape index (κ2) is 6.02. The minimum atomic E-state index is -0.0774. The standard InChI is InChI=1S/C11H21NO2/c1-9(8-11(13)14-2)7-10-3-5-12-6-4-10/h9-10,12H,3-8H2,1-2H3. The number of carbonyl (C=O) groups excluding carboxylic acids is 1. The Morgan fingerprint density at radius 2 is 2.14 bits per heavy atom. The van der Waals surface area contributed by atoms with Crippen molar-refractivity contribution in [3.05, 3.63) is 0 Å². The molecule has 1 unspecified atom stereocenters. The zero-order chi connectivity index (χ0) is 10.4. The number of methoxy groups -OCH3 is 1.